The number of carbonyl (C=O) groups excluding carboxylic acids is 1. The topological polar surface area (TPSA) is 72.3 Å². The largest absolute Gasteiger partial charge is 0.356 e. The summed E-state index contributed by atoms with van der Waals surface area (Å²) < 4.78 is 22.1. The molecule has 0 aliphatic carbocycles. The fraction of sp³-hybridized carbons (Fsp3) is 0.364. The zero-order valence-electron chi connectivity index (χ0n) is 24.5. The molecule has 2 aromatic carbocycles. The van der Waals surface area contributed by atoms with Crippen molar-refractivity contribution in [2.24, 2.45) is 0 Å². The van der Waals surface area contributed by atoms with Crippen LogP contribution in [0.25, 0.3) is 23.1 Å². The highest BCUT2D eigenvalue weighted by Gasteiger charge is 2.21. The van der Waals surface area contributed by atoms with Crippen LogP contribution in [0.1, 0.15) is 73.6 Å². The molecule has 1 unspecified atom stereocenters. The standard InChI is InChI=1S/C33H38FN5O2S/c1-4-35-33(40)28-19-24(34)11-17-31(28)42-26-14-15-27-29(37-39(30(27)20-26)32-9-7-8-18-41-32)16-13-25-12-10-23(21-36-25)22-38(5-2)6-3/h10-17,19-21,32H,4-9,18,22H2,1-3H3,(H,35,40)/b16-13+. The third-order valence-corrected chi connectivity index (χ3v) is 8.51. The van der Waals surface area contributed by atoms with Gasteiger partial charge in [0.15, 0.2) is 6.23 Å². The first-order valence-electron chi connectivity index (χ1n) is 14.7. The number of benzene rings is 2. The Morgan fingerprint density at radius 3 is 2.69 bits per heavy atom. The maximum atomic E-state index is 14.0. The van der Waals surface area contributed by atoms with E-state index in [1.807, 2.05) is 42.1 Å². The number of carbonyl (C=O) groups is 1. The Balaban J connectivity index is 1.45. The normalized spacial score (nSPS) is 15.6. The summed E-state index contributed by atoms with van der Waals surface area (Å²) >= 11 is 1.43. The summed E-state index contributed by atoms with van der Waals surface area (Å²) in [6.45, 7) is 10.3. The van der Waals surface area contributed by atoms with Crippen LogP contribution < -0.4 is 5.32 Å². The van der Waals surface area contributed by atoms with Gasteiger partial charge in [-0.15, -0.1) is 0 Å². The highest BCUT2D eigenvalue weighted by Crippen LogP contribution is 2.36. The molecule has 0 bridgehead atoms. The molecule has 7 nitrogen and oxygen atoms in total. The first-order valence-corrected chi connectivity index (χ1v) is 15.6. The van der Waals surface area contributed by atoms with Crippen molar-refractivity contribution in [3.8, 4) is 0 Å². The minimum absolute atomic E-state index is 0.141. The molecule has 9 heteroatoms. The van der Waals surface area contributed by atoms with Crippen molar-refractivity contribution in [1.29, 1.82) is 0 Å². The lowest BCUT2D eigenvalue weighted by Gasteiger charge is -2.23. The highest BCUT2D eigenvalue weighted by atomic mass is 32.2. The summed E-state index contributed by atoms with van der Waals surface area (Å²) in [5.74, 6) is -0.726. The third-order valence-electron chi connectivity index (χ3n) is 7.45. The number of amides is 1. The molecule has 42 heavy (non-hydrogen) atoms. The predicted molar refractivity (Wildman–Crippen MR) is 167 cm³/mol. The van der Waals surface area contributed by atoms with Crippen molar-refractivity contribution in [2.45, 2.75) is 62.6 Å². The molecule has 1 N–H and O–H groups in total. The Bertz CT molecular complexity index is 1540. The number of nitrogens with zero attached hydrogens (tertiary/aromatic N) is 4. The number of rotatable bonds is 11. The summed E-state index contributed by atoms with van der Waals surface area (Å²) in [5, 5.41) is 8.77. The van der Waals surface area contributed by atoms with Gasteiger partial charge in [0, 0.05) is 41.1 Å². The summed E-state index contributed by atoms with van der Waals surface area (Å²) in [7, 11) is 0. The second-order valence-corrected chi connectivity index (χ2v) is 11.4. The number of hydrogen-bond donors (Lipinski definition) is 1. The molecular weight excluding hydrogens is 549 g/mol. The van der Waals surface area contributed by atoms with Crippen LogP contribution in [0.15, 0.2) is 64.5 Å². The van der Waals surface area contributed by atoms with Crippen molar-refractivity contribution < 1.29 is 13.9 Å². The van der Waals surface area contributed by atoms with Gasteiger partial charge in [-0.2, -0.15) is 5.10 Å². The molecule has 3 heterocycles. The number of nitrogens with one attached hydrogen (secondary N) is 1. The average molecular weight is 588 g/mol. The van der Waals surface area contributed by atoms with Gasteiger partial charge in [-0.05, 0) is 99.5 Å². The number of fused-ring (bicyclic) bond motifs is 1. The molecule has 1 atom stereocenters. The summed E-state index contributed by atoms with van der Waals surface area (Å²) in [5.41, 5.74) is 4.19. The lowest BCUT2D eigenvalue weighted by Crippen LogP contribution is -2.23. The van der Waals surface area contributed by atoms with Crippen LogP contribution in [0, 0.1) is 5.82 Å². The highest BCUT2D eigenvalue weighted by molar-refractivity contribution is 7.99. The first kappa shape index (κ1) is 29.9. The van der Waals surface area contributed by atoms with Crippen LogP contribution in [0.3, 0.4) is 0 Å². The minimum Gasteiger partial charge on any atom is -0.356 e. The van der Waals surface area contributed by atoms with Crippen molar-refractivity contribution in [2.75, 3.05) is 26.2 Å². The first-order chi connectivity index (χ1) is 20.5. The van der Waals surface area contributed by atoms with E-state index >= 15 is 0 Å². The fourth-order valence-corrected chi connectivity index (χ4v) is 6.07. The summed E-state index contributed by atoms with van der Waals surface area (Å²) in [6, 6.07) is 14.7. The molecule has 1 fully saturated rings. The number of ether oxygens (including phenoxy) is 1. The van der Waals surface area contributed by atoms with E-state index in [0.29, 0.717) is 23.6 Å². The van der Waals surface area contributed by atoms with Gasteiger partial charge in [0.05, 0.1) is 22.5 Å². The van der Waals surface area contributed by atoms with Gasteiger partial charge in [0.2, 0.25) is 0 Å². The lowest BCUT2D eigenvalue weighted by molar-refractivity contribution is -0.0367. The number of aromatic nitrogens is 3. The van der Waals surface area contributed by atoms with Gasteiger partial charge in [-0.1, -0.05) is 31.7 Å². The molecule has 0 radical (unpaired) electrons. The number of pyridine rings is 1. The quantitative estimate of drug-likeness (QED) is 0.200. The molecule has 1 aliphatic rings. The van der Waals surface area contributed by atoms with Crippen molar-refractivity contribution in [3.05, 3.63) is 83.1 Å². The van der Waals surface area contributed by atoms with E-state index in [0.717, 1.165) is 66.1 Å². The number of halogens is 1. The van der Waals surface area contributed by atoms with E-state index in [1.165, 1.54) is 29.5 Å². The molecule has 0 spiro atoms. The van der Waals surface area contributed by atoms with Crippen molar-refractivity contribution in [1.82, 2.24) is 25.0 Å². The molecule has 2 aromatic heterocycles. The van der Waals surface area contributed by atoms with E-state index in [9.17, 15) is 9.18 Å². The maximum Gasteiger partial charge on any atom is 0.252 e. The van der Waals surface area contributed by atoms with Gasteiger partial charge < -0.3 is 10.1 Å². The van der Waals surface area contributed by atoms with Gasteiger partial charge in [0.1, 0.15) is 5.82 Å². The average Bonchev–Trinajstić information content (AvgIpc) is 3.38. The lowest BCUT2D eigenvalue weighted by atomic mass is 10.1. The van der Waals surface area contributed by atoms with Gasteiger partial charge in [-0.3, -0.25) is 14.7 Å². The maximum absolute atomic E-state index is 14.0. The fourth-order valence-electron chi connectivity index (χ4n) is 5.11. The Morgan fingerprint density at radius 1 is 1.12 bits per heavy atom. The molecule has 220 valence electrons. The second-order valence-electron chi connectivity index (χ2n) is 10.3. The van der Waals surface area contributed by atoms with Gasteiger partial charge in [-0.25, -0.2) is 9.07 Å². The van der Waals surface area contributed by atoms with Crippen LogP contribution in [0.2, 0.25) is 0 Å². The Labute approximate surface area is 251 Å². The molecule has 0 saturated carbocycles. The third kappa shape index (κ3) is 7.09. The second kappa shape index (κ2) is 14.1. The molecule has 1 amide bonds. The molecular formula is C33H38FN5O2S. The van der Waals surface area contributed by atoms with E-state index in [2.05, 4.69) is 47.2 Å². The van der Waals surface area contributed by atoms with E-state index in [-0.39, 0.29) is 12.1 Å². The van der Waals surface area contributed by atoms with Crippen LogP contribution in [-0.4, -0.2) is 51.8 Å². The monoisotopic (exact) mass is 587 g/mol. The molecule has 4 aromatic rings. The van der Waals surface area contributed by atoms with E-state index in [1.54, 1.807) is 6.07 Å². The zero-order chi connectivity index (χ0) is 29.5. The van der Waals surface area contributed by atoms with Crippen LogP contribution in [-0.2, 0) is 11.3 Å². The van der Waals surface area contributed by atoms with Gasteiger partial charge in [0.25, 0.3) is 5.91 Å². The van der Waals surface area contributed by atoms with Crippen LogP contribution in [0.5, 0.6) is 0 Å². The SMILES string of the molecule is CCNC(=O)c1cc(F)ccc1Sc1ccc2c(/C=C/c3ccc(CN(CC)CC)cn3)nn(C3CCCCO3)c2c1. The van der Waals surface area contributed by atoms with Crippen LogP contribution >= 0.6 is 11.8 Å². The van der Waals surface area contributed by atoms with Gasteiger partial charge >= 0.3 is 0 Å². The van der Waals surface area contributed by atoms with E-state index in [4.69, 9.17) is 9.84 Å². The molecule has 5 rings (SSSR count). The van der Waals surface area contributed by atoms with E-state index < -0.39 is 5.82 Å². The summed E-state index contributed by atoms with van der Waals surface area (Å²) in [4.78, 5) is 21.3. The predicted octanol–water partition coefficient (Wildman–Crippen LogP) is 7.18. The minimum atomic E-state index is -0.437. The Kier molecular flexibility index (Phi) is 10.0. The molecule has 1 aliphatic heterocycles. The van der Waals surface area contributed by atoms with Crippen molar-refractivity contribution in [3.63, 3.8) is 0 Å². The summed E-state index contributed by atoms with van der Waals surface area (Å²) in [6.07, 6.45) is 8.83. The molecule has 1 saturated heterocycles. The van der Waals surface area contributed by atoms with Crippen molar-refractivity contribution >= 4 is 40.7 Å². The Hall–Kier alpha value is -3.53. The smallest absolute Gasteiger partial charge is 0.252 e. The van der Waals surface area contributed by atoms with Crippen LogP contribution in [0.4, 0.5) is 4.39 Å². The zero-order valence-corrected chi connectivity index (χ0v) is 25.3. The Morgan fingerprint density at radius 2 is 1.98 bits per heavy atom. The number of hydrogen-bond acceptors (Lipinski definition) is 6.